The van der Waals surface area contributed by atoms with E-state index in [1.165, 1.54) is 12.1 Å². The Morgan fingerprint density at radius 2 is 1.71 bits per heavy atom. The van der Waals surface area contributed by atoms with Crippen molar-refractivity contribution in [2.24, 2.45) is 0 Å². The number of halogens is 5. The number of fused-ring (bicyclic) bond motifs is 1. The average molecular weight is 535 g/mol. The van der Waals surface area contributed by atoms with Crippen molar-refractivity contribution >= 4 is 73.9 Å². The first-order valence-electron chi connectivity index (χ1n) is 7.83. The van der Waals surface area contributed by atoms with E-state index in [1.54, 1.807) is 59.0 Å². The van der Waals surface area contributed by atoms with Crippen LogP contribution in [0.4, 0.5) is 18.9 Å². The first kappa shape index (κ1) is 20.8. The fourth-order valence-corrected chi connectivity index (χ4v) is 3.59. The molecule has 3 nitrogen and oxygen atoms in total. The molecule has 0 heterocycles. The lowest BCUT2D eigenvalue weighted by atomic mass is 10.0. The zero-order valence-corrected chi connectivity index (χ0v) is 17.6. The molecule has 9 heteroatoms. The molecule has 1 amide bonds. The Labute approximate surface area is 182 Å². The highest BCUT2D eigenvalue weighted by Gasteiger charge is 2.34. The number of anilines is 1. The number of rotatable bonds is 2. The van der Waals surface area contributed by atoms with Crippen LogP contribution in [-0.2, 0) is 6.18 Å². The van der Waals surface area contributed by atoms with E-state index in [0.717, 1.165) is 6.07 Å². The van der Waals surface area contributed by atoms with Crippen LogP contribution >= 0.6 is 46.4 Å². The van der Waals surface area contributed by atoms with Gasteiger partial charge in [-0.1, -0.05) is 35.9 Å². The minimum atomic E-state index is -4.56. The van der Waals surface area contributed by atoms with E-state index in [2.05, 4.69) is 10.6 Å². The van der Waals surface area contributed by atoms with Crippen molar-refractivity contribution in [1.29, 1.82) is 0 Å². The van der Waals surface area contributed by atoms with Crippen LogP contribution in [0.15, 0.2) is 54.6 Å². The van der Waals surface area contributed by atoms with Gasteiger partial charge in [-0.3, -0.25) is 10.1 Å². The molecule has 0 aromatic heterocycles. The molecule has 3 rings (SSSR count). The van der Waals surface area contributed by atoms with Crippen molar-refractivity contribution in [2.45, 2.75) is 6.18 Å². The van der Waals surface area contributed by atoms with E-state index in [0.29, 0.717) is 24.9 Å². The number of carbonyl (C=O) groups excluding carboxylic acids is 1. The predicted molar refractivity (Wildman–Crippen MR) is 117 cm³/mol. The smallest absolute Gasteiger partial charge is 0.332 e. The maximum atomic E-state index is 13.2. The number of alkyl halides is 3. The summed E-state index contributed by atoms with van der Waals surface area (Å²) in [6.45, 7) is 0. The third-order valence-corrected chi connectivity index (χ3v) is 5.08. The van der Waals surface area contributed by atoms with Crippen LogP contribution < -0.4 is 10.6 Å². The van der Waals surface area contributed by atoms with Gasteiger partial charge in [-0.05, 0) is 70.5 Å². The van der Waals surface area contributed by atoms with Gasteiger partial charge in [0.2, 0.25) is 0 Å². The van der Waals surface area contributed by atoms with Crippen LogP contribution in [0.3, 0.4) is 0 Å². The summed E-state index contributed by atoms with van der Waals surface area (Å²) < 4.78 is 40.1. The average Bonchev–Trinajstić information content (AvgIpc) is 2.62. The minimum absolute atomic E-state index is 0.237. The topological polar surface area (TPSA) is 41.1 Å². The summed E-state index contributed by atoms with van der Waals surface area (Å²) >= 11 is 13.0. The molecule has 0 saturated carbocycles. The first-order chi connectivity index (χ1) is 13.2. The molecule has 0 unspecified atom stereocenters. The van der Waals surface area contributed by atoms with E-state index in [-0.39, 0.29) is 10.8 Å². The van der Waals surface area contributed by atoms with Crippen molar-refractivity contribution < 1.29 is 18.0 Å². The molecule has 28 heavy (non-hydrogen) atoms. The number of carbonyl (C=O) groups is 1. The number of thiocarbonyl (C=S) groups is 1. The molecule has 3 aromatic carbocycles. The molecule has 144 valence electrons. The Morgan fingerprint density at radius 3 is 2.43 bits per heavy atom. The van der Waals surface area contributed by atoms with E-state index in [9.17, 15) is 18.0 Å². The SMILES string of the molecule is O=C(NC(=S)Nc1ccc(I)cc1C(F)(F)F)c1cccc2c(Cl)cccc12. The van der Waals surface area contributed by atoms with Gasteiger partial charge in [-0.25, -0.2) is 0 Å². The maximum absolute atomic E-state index is 13.2. The van der Waals surface area contributed by atoms with E-state index >= 15 is 0 Å². The van der Waals surface area contributed by atoms with Crippen molar-refractivity contribution in [3.05, 3.63) is 74.3 Å². The van der Waals surface area contributed by atoms with Crippen LogP contribution in [-0.4, -0.2) is 11.0 Å². The molecule has 0 spiro atoms. The number of hydrogen-bond donors (Lipinski definition) is 2. The third-order valence-electron chi connectivity index (χ3n) is 3.88. The normalized spacial score (nSPS) is 11.3. The van der Waals surface area contributed by atoms with Crippen molar-refractivity contribution in [1.82, 2.24) is 5.32 Å². The highest BCUT2D eigenvalue weighted by atomic mass is 127. The van der Waals surface area contributed by atoms with Gasteiger partial charge in [0, 0.05) is 19.5 Å². The van der Waals surface area contributed by atoms with Gasteiger partial charge in [0.05, 0.1) is 11.3 Å². The number of nitrogens with one attached hydrogen (secondary N) is 2. The molecule has 0 fully saturated rings. The molecule has 0 atom stereocenters. The highest BCUT2D eigenvalue weighted by Crippen LogP contribution is 2.35. The lowest BCUT2D eigenvalue weighted by Crippen LogP contribution is -2.34. The molecule has 0 aliphatic carbocycles. The molecule has 3 aromatic rings. The number of hydrogen-bond acceptors (Lipinski definition) is 2. The summed E-state index contributed by atoms with van der Waals surface area (Å²) in [6, 6.07) is 13.9. The van der Waals surface area contributed by atoms with Gasteiger partial charge < -0.3 is 5.32 Å². The molecule has 0 aliphatic heterocycles. The van der Waals surface area contributed by atoms with E-state index in [4.69, 9.17) is 23.8 Å². The highest BCUT2D eigenvalue weighted by molar-refractivity contribution is 14.1. The fourth-order valence-electron chi connectivity index (χ4n) is 2.65. The number of benzene rings is 3. The minimum Gasteiger partial charge on any atom is -0.332 e. The lowest BCUT2D eigenvalue weighted by Gasteiger charge is -2.16. The van der Waals surface area contributed by atoms with Crippen LogP contribution in [0.2, 0.25) is 5.02 Å². The number of amides is 1. The summed E-state index contributed by atoms with van der Waals surface area (Å²) in [7, 11) is 0. The van der Waals surface area contributed by atoms with Crippen molar-refractivity contribution in [3.8, 4) is 0 Å². The summed E-state index contributed by atoms with van der Waals surface area (Å²) in [5.74, 6) is -0.551. The van der Waals surface area contributed by atoms with E-state index < -0.39 is 17.6 Å². The largest absolute Gasteiger partial charge is 0.418 e. The quantitative estimate of drug-likeness (QED) is 0.302. The Hall–Kier alpha value is -1.91. The van der Waals surface area contributed by atoms with Crippen LogP contribution in [0.1, 0.15) is 15.9 Å². The predicted octanol–water partition coefficient (Wildman–Crippen LogP) is 6.24. The van der Waals surface area contributed by atoms with Gasteiger partial charge in [0.1, 0.15) is 0 Å². The van der Waals surface area contributed by atoms with Gasteiger partial charge in [0.25, 0.3) is 5.91 Å². The second-order valence-electron chi connectivity index (χ2n) is 5.74. The second kappa shape index (κ2) is 8.22. The van der Waals surface area contributed by atoms with Gasteiger partial charge in [-0.2, -0.15) is 13.2 Å². The summed E-state index contributed by atoms with van der Waals surface area (Å²) in [4.78, 5) is 12.6. The summed E-state index contributed by atoms with van der Waals surface area (Å²) in [5.41, 5.74) is -0.796. The van der Waals surface area contributed by atoms with Gasteiger partial charge in [-0.15, -0.1) is 0 Å². The Morgan fingerprint density at radius 1 is 1.04 bits per heavy atom. The molecule has 0 aliphatic rings. The zero-order valence-electron chi connectivity index (χ0n) is 13.9. The van der Waals surface area contributed by atoms with Gasteiger partial charge in [0.15, 0.2) is 5.11 Å². The summed E-state index contributed by atoms with van der Waals surface area (Å²) in [6.07, 6.45) is -4.56. The van der Waals surface area contributed by atoms with Crippen molar-refractivity contribution in [2.75, 3.05) is 5.32 Å². The monoisotopic (exact) mass is 534 g/mol. The second-order valence-corrected chi connectivity index (χ2v) is 7.80. The first-order valence-corrected chi connectivity index (χ1v) is 9.69. The fraction of sp³-hybridized carbons (Fsp3) is 0.0526. The van der Waals surface area contributed by atoms with E-state index in [1.807, 2.05) is 0 Å². The Balaban J connectivity index is 1.84. The van der Waals surface area contributed by atoms with Crippen LogP contribution in [0.5, 0.6) is 0 Å². The van der Waals surface area contributed by atoms with Gasteiger partial charge >= 0.3 is 6.18 Å². The standard InChI is InChI=1S/C19H11ClF3IN2OS/c20-15-6-2-3-11-12(15)4-1-5-13(11)17(27)26-18(28)25-16-8-7-10(24)9-14(16)19(21,22)23/h1-9H,(H2,25,26,27,28). The van der Waals surface area contributed by atoms with Crippen LogP contribution in [0, 0.1) is 3.57 Å². The maximum Gasteiger partial charge on any atom is 0.418 e. The molecule has 0 bridgehead atoms. The third kappa shape index (κ3) is 4.56. The Kier molecular flexibility index (Phi) is 6.11. The zero-order chi connectivity index (χ0) is 20.5. The van der Waals surface area contributed by atoms with Crippen molar-refractivity contribution in [3.63, 3.8) is 0 Å². The molecular formula is C19H11ClF3IN2OS. The lowest BCUT2D eigenvalue weighted by molar-refractivity contribution is -0.137. The molecule has 0 saturated heterocycles. The molecule has 2 N–H and O–H groups in total. The Bertz CT molecular complexity index is 1090. The summed E-state index contributed by atoms with van der Waals surface area (Å²) in [5, 5.41) is 6.42. The molecule has 0 radical (unpaired) electrons. The molecular weight excluding hydrogens is 524 g/mol. The van der Waals surface area contributed by atoms with Crippen LogP contribution in [0.25, 0.3) is 10.8 Å².